The predicted molar refractivity (Wildman–Crippen MR) is 116 cm³/mol. The Morgan fingerprint density at radius 2 is 1.93 bits per heavy atom. The van der Waals surface area contributed by atoms with Gasteiger partial charge in [0, 0.05) is 30.5 Å². The second-order valence-corrected chi connectivity index (χ2v) is 10.2. The van der Waals surface area contributed by atoms with Crippen LogP contribution in [-0.2, 0) is 19.6 Å². The number of carbonyl (C=O) groups is 1. The molecule has 1 saturated heterocycles. The van der Waals surface area contributed by atoms with E-state index in [2.05, 4.69) is 15.3 Å². The number of aromatic nitrogens is 2. The number of nitrogen functional groups attached to an aromatic ring is 1. The molecule has 0 spiro atoms. The molecule has 3 N–H and O–H groups in total. The number of morpholine rings is 1. The lowest BCUT2D eigenvalue weighted by Gasteiger charge is -2.27. The van der Waals surface area contributed by atoms with E-state index in [1.807, 2.05) is 0 Å². The Morgan fingerprint density at radius 3 is 2.60 bits per heavy atom. The van der Waals surface area contributed by atoms with Crippen LogP contribution >= 0.6 is 11.8 Å². The molecule has 1 fully saturated rings. The van der Waals surface area contributed by atoms with Gasteiger partial charge in [0.2, 0.25) is 15.9 Å². The number of nitrogens with two attached hydrogens (primary N) is 1. The quantitative estimate of drug-likeness (QED) is 0.503. The van der Waals surface area contributed by atoms with E-state index in [9.17, 15) is 13.2 Å². The molecule has 1 aliphatic heterocycles. The third-order valence-corrected chi connectivity index (χ3v) is 7.55. The number of benzene rings is 1. The van der Waals surface area contributed by atoms with E-state index >= 15 is 0 Å². The molecule has 2 heterocycles. The summed E-state index contributed by atoms with van der Waals surface area (Å²) >= 11 is 1.18. The van der Waals surface area contributed by atoms with Gasteiger partial charge in [0.15, 0.2) is 5.16 Å². The van der Waals surface area contributed by atoms with Crippen LogP contribution in [0.3, 0.4) is 0 Å². The molecule has 2 aromatic rings. The summed E-state index contributed by atoms with van der Waals surface area (Å²) in [7, 11) is -3.67. The summed E-state index contributed by atoms with van der Waals surface area (Å²) in [4.78, 5) is 21.2. The van der Waals surface area contributed by atoms with Crippen molar-refractivity contribution in [1.29, 1.82) is 0 Å². The summed E-state index contributed by atoms with van der Waals surface area (Å²) in [6.07, 6.45) is 0. The number of aryl methyl sites for hydroxylation is 2. The highest BCUT2D eigenvalue weighted by atomic mass is 32.2. The number of carbonyl (C=O) groups excluding carboxylic acids is 1. The highest BCUT2D eigenvalue weighted by molar-refractivity contribution is 8.00. The largest absolute Gasteiger partial charge is 0.384 e. The van der Waals surface area contributed by atoms with Crippen molar-refractivity contribution >= 4 is 39.2 Å². The summed E-state index contributed by atoms with van der Waals surface area (Å²) in [5.41, 5.74) is 7.48. The second kappa shape index (κ2) is 9.29. The number of anilines is 2. The second-order valence-electron chi connectivity index (χ2n) is 6.96. The minimum atomic E-state index is -3.67. The number of sulfonamides is 1. The van der Waals surface area contributed by atoms with Gasteiger partial charge in [-0.05, 0) is 38.5 Å². The molecular formula is C19H25N5O4S2. The molecule has 0 radical (unpaired) electrons. The molecular weight excluding hydrogens is 426 g/mol. The molecule has 1 amide bonds. The van der Waals surface area contributed by atoms with Crippen molar-refractivity contribution in [2.24, 2.45) is 0 Å². The van der Waals surface area contributed by atoms with Crippen molar-refractivity contribution in [3.8, 4) is 0 Å². The highest BCUT2D eigenvalue weighted by Gasteiger charge is 2.28. The first-order valence-corrected chi connectivity index (χ1v) is 11.8. The zero-order chi connectivity index (χ0) is 21.9. The number of nitrogens with one attached hydrogen (secondary N) is 1. The number of nitrogens with zero attached hydrogens (tertiary/aromatic N) is 3. The maximum Gasteiger partial charge on any atom is 0.243 e. The van der Waals surface area contributed by atoms with Gasteiger partial charge >= 0.3 is 0 Å². The molecule has 1 aromatic heterocycles. The third-order valence-electron chi connectivity index (χ3n) is 4.55. The maximum absolute atomic E-state index is 13.0. The van der Waals surface area contributed by atoms with Gasteiger partial charge in [-0.3, -0.25) is 4.79 Å². The molecule has 162 valence electrons. The van der Waals surface area contributed by atoms with Crippen LogP contribution < -0.4 is 11.1 Å². The Balaban J connectivity index is 1.75. The topological polar surface area (TPSA) is 128 Å². The average molecular weight is 452 g/mol. The van der Waals surface area contributed by atoms with E-state index in [0.29, 0.717) is 54.2 Å². The van der Waals surface area contributed by atoms with Gasteiger partial charge in [0.25, 0.3) is 0 Å². The van der Waals surface area contributed by atoms with E-state index in [4.69, 9.17) is 10.5 Å². The minimum absolute atomic E-state index is 0.178. The summed E-state index contributed by atoms with van der Waals surface area (Å²) in [6.45, 7) is 6.62. The average Bonchev–Trinajstić information content (AvgIpc) is 2.69. The highest BCUT2D eigenvalue weighted by Crippen LogP contribution is 2.26. The van der Waals surface area contributed by atoms with Crippen LogP contribution in [0.5, 0.6) is 0 Å². The number of hydrogen-bond acceptors (Lipinski definition) is 8. The number of hydrogen-bond donors (Lipinski definition) is 2. The third kappa shape index (κ3) is 5.28. The predicted octanol–water partition coefficient (Wildman–Crippen LogP) is 1.82. The lowest BCUT2D eigenvalue weighted by Crippen LogP contribution is -2.40. The van der Waals surface area contributed by atoms with E-state index in [0.717, 1.165) is 0 Å². The molecule has 1 atom stereocenters. The van der Waals surface area contributed by atoms with Gasteiger partial charge < -0.3 is 15.8 Å². The Bertz CT molecular complexity index is 1020. The fraction of sp³-hybridized carbons (Fsp3) is 0.421. The first kappa shape index (κ1) is 22.5. The summed E-state index contributed by atoms with van der Waals surface area (Å²) in [5, 5.41) is 2.68. The fourth-order valence-electron chi connectivity index (χ4n) is 2.95. The lowest BCUT2D eigenvalue weighted by molar-refractivity contribution is -0.115. The first-order valence-electron chi connectivity index (χ1n) is 9.44. The van der Waals surface area contributed by atoms with E-state index in [1.54, 1.807) is 39.0 Å². The van der Waals surface area contributed by atoms with E-state index in [-0.39, 0.29) is 10.8 Å². The molecule has 1 aromatic carbocycles. The van der Waals surface area contributed by atoms with Crippen LogP contribution in [-0.4, -0.2) is 60.2 Å². The molecule has 3 rings (SSSR count). The Morgan fingerprint density at radius 1 is 1.23 bits per heavy atom. The zero-order valence-corrected chi connectivity index (χ0v) is 18.7. The Hall–Kier alpha value is -2.21. The van der Waals surface area contributed by atoms with Crippen molar-refractivity contribution in [3.63, 3.8) is 0 Å². The molecule has 1 aliphatic rings. The summed E-state index contributed by atoms with van der Waals surface area (Å²) < 4.78 is 32.7. The molecule has 0 aliphatic carbocycles. The van der Waals surface area contributed by atoms with Crippen molar-refractivity contribution in [2.75, 3.05) is 37.4 Å². The SMILES string of the molecule is Cc1cc(N)nc(SC(C)C(=O)Nc2ccc(C)c(S(=O)(=O)N3CCOCC3)c2)n1. The van der Waals surface area contributed by atoms with Crippen molar-refractivity contribution in [3.05, 3.63) is 35.5 Å². The molecule has 30 heavy (non-hydrogen) atoms. The fourth-order valence-corrected chi connectivity index (χ4v) is 5.45. The van der Waals surface area contributed by atoms with Crippen LogP contribution in [0, 0.1) is 13.8 Å². The number of ether oxygens (including phenoxy) is 1. The molecule has 11 heteroatoms. The van der Waals surface area contributed by atoms with Crippen molar-refractivity contribution in [1.82, 2.24) is 14.3 Å². The normalized spacial score (nSPS) is 16.2. The van der Waals surface area contributed by atoms with E-state index < -0.39 is 15.3 Å². The molecule has 1 unspecified atom stereocenters. The van der Waals surface area contributed by atoms with Gasteiger partial charge in [0.1, 0.15) is 5.82 Å². The lowest BCUT2D eigenvalue weighted by atomic mass is 10.2. The van der Waals surface area contributed by atoms with Gasteiger partial charge in [0.05, 0.1) is 23.4 Å². The van der Waals surface area contributed by atoms with Crippen LogP contribution in [0.2, 0.25) is 0 Å². The van der Waals surface area contributed by atoms with Gasteiger partial charge in [-0.25, -0.2) is 18.4 Å². The van der Waals surface area contributed by atoms with Gasteiger partial charge in [-0.1, -0.05) is 17.8 Å². The number of rotatable bonds is 6. The van der Waals surface area contributed by atoms with Crippen molar-refractivity contribution in [2.45, 2.75) is 36.1 Å². The van der Waals surface area contributed by atoms with Crippen LogP contribution in [0.4, 0.5) is 11.5 Å². The molecule has 0 saturated carbocycles. The number of thioether (sulfide) groups is 1. The Labute approximate surface area is 180 Å². The minimum Gasteiger partial charge on any atom is -0.384 e. The van der Waals surface area contributed by atoms with Crippen LogP contribution in [0.1, 0.15) is 18.2 Å². The zero-order valence-electron chi connectivity index (χ0n) is 17.1. The standard InChI is InChI=1S/C19H25N5O4S2/c1-12-4-5-15(11-16(12)30(26,27)24-6-8-28-9-7-24)22-18(25)14(3)29-19-21-13(2)10-17(20)23-19/h4-5,10-11,14H,6-9H2,1-3H3,(H,22,25)(H2,20,21,23). The monoisotopic (exact) mass is 451 g/mol. The van der Waals surface area contributed by atoms with Crippen molar-refractivity contribution < 1.29 is 17.9 Å². The Kier molecular flexibility index (Phi) is 6.96. The van der Waals surface area contributed by atoms with Crippen LogP contribution in [0.15, 0.2) is 34.3 Å². The smallest absolute Gasteiger partial charge is 0.243 e. The van der Waals surface area contributed by atoms with Gasteiger partial charge in [-0.15, -0.1) is 0 Å². The van der Waals surface area contributed by atoms with E-state index in [1.165, 1.54) is 22.1 Å². The summed E-state index contributed by atoms with van der Waals surface area (Å²) in [6, 6.07) is 6.52. The van der Waals surface area contributed by atoms with Crippen LogP contribution in [0.25, 0.3) is 0 Å². The first-order chi connectivity index (χ1) is 14.2. The summed E-state index contributed by atoms with van der Waals surface area (Å²) in [5.74, 6) is 0.0522. The number of amides is 1. The maximum atomic E-state index is 13.0. The molecule has 0 bridgehead atoms. The van der Waals surface area contributed by atoms with Gasteiger partial charge in [-0.2, -0.15) is 4.31 Å². The molecule has 9 nitrogen and oxygen atoms in total.